The number of carbonyl (C=O) groups excluding carboxylic acids is 1. The minimum absolute atomic E-state index is 0.100. The van der Waals surface area contributed by atoms with Crippen LogP contribution in [0.1, 0.15) is 5.56 Å². The highest BCUT2D eigenvalue weighted by Crippen LogP contribution is 2.07. The van der Waals surface area contributed by atoms with Gasteiger partial charge in [0.15, 0.2) is 0 Å². The van der Waals surface area contributed by atoms with Gasteiger partial charge in [-0.2, -0.15) is 5.10 Å². The molecule has 0 radical (unpaired) electrons. The standard InChI is InChI=1S/C15H13N5O/c21-14(9-12-5-2-1-3-6-12)19-13-10-16-15(17-11-13)20-8-4-7-18-20/h1-8,10-11H,9H2,(H,19,21). The Morgan fingerprint density at radius 3 is 2.52 bits per heavy atom. The molecule has 3 aromatic rings. The van der Waals surface area contributed by atoms with E-state index >= 15 is 0 Å². The molecule has 0 saturated carbocycles. The zero-order valence-corrected chi connectivity index (χ0v) is 11.2. The summed E-state index contributed by atoms with van der Waals surface area (Å²) in [7, 11) is 0. The van der Waals surface area contributed by atoms with Gasteiger partial charge < -0.3 is 5.32 Å². The van der Waals surface area contributed by atoms with Crippen molar-refractivity contribution in [1.82, 2.24) is 19.7 Å². The first kappa shape index (κ1) is 13.0. The van der Waals surface area contributed by atoms with Crippen LogP contribution in [0.25, 0.3) is 5.95 Å². The van der Waals surface area contributed by atoms with E-state index in [1.165, 1.54) is 0 Å². The molecule has 0 aliphatic heterocycles. The fraction of sp³-hybridized carbons (Fsp3) is 0.0667. The number of hydrogen-bond acceptors (Lipinski definition) is 4. The van der Waals surface area contributed by atoms with Crippen LogP contribution < -0.4 is 5.32 Å². The zero-order chi connectivity index (χ0) is 14.5. The van der Waals surface area contributed by atoms with Gasteiger partial charge in [-0.1, -0.05) is 30.3 Å². The van der Waals surface area contributed by atoms with Crippen molar-refractivity contribution in [3.05, 3.63) is 66.7 Å². The third kappa shape index (κ3) is 3.30. The molecule has 0 spiro atoms. The molecule has 1 N–H and O–H groups in total. The maximum atomic E-state index is 11.9. The minimum atomic E-state index is -0.100. The lowest BCUT2D eigenvalue weighted by Crippen LogP contribution is -2.15. The Morgan fingerprint density at radius 1 is 1.10 bits per heavy atom. The maximum Gasteiger partial charge on any atom is 0.250 e. The Morgan fingerprint density at radius 2 is 1.86 bits per heavy atom. The highest BCUT2D eigenvalue weighted by molar-refractivity contribution is 5.91. The van der Waals surface area contributed by atoms with Crippen molar-refractivity contribution in [2.45, 2.75) is 6.42 Å². The van der Waals surface area contributed by atoms with Crippen molar-refractivity contribution in [1.29, 1.82) is 0 Å². The first-order chi connectivity index (χ1) is 10.3. The van der Waals surface area contributed by atoms with Gasteiger partial charge in [0.25, 0.3) is 5.95 Å². The second-order valence-electron chi connectivity index (χ2n) is 4.43. The van der Waals surface area contributed by atoms with E-state index in [-0.39, 0.29) is 5.91 Å². The third-order valence-electron chi connectivity index (χ3n) is 2.84. The first-order valence-electron chi connectivity index (χ1n) is 6.47. The fourth-order valence-electron chi connectivity index (χ4n) is 1.88. The van der Waals surface area contributed by atoms with E-state index < -0.39 is 0 Å². The molecule has 6 heteroatoms. The van der Waals surface area contributed by atoms with Crippen LogP contribution in [0.3, 0.4) is 0 Å². The molecule has 21 heavy (non-hydrogen) atoms. The first-order valence-corrected chi connectivity index (χ1v) is 6.47. The summed E-state index contributed by atoms with van der Waals surface area (Å²) < 4.78 is 1.55. The molecular weight excluding hydrogens is 266 g/mol. The van der Waals surface area contributed by atoms with E-state index in [4.69, 9.17) is 0 Å². The van der Waals surface area contributed by atoms with Gasteiger partial charge in [0.2, 0.25) is 5.91 Å². The summed E-state index contributed by atoms with van der Waals surface area (Å²) in [6.07, 6.45) is 6.85. The number of rotatable bonds is 4. The summed E-state index contributed by atoms with van der Waals surface area (Å²) in [4.78, 5) is 20.2. The normalized spacial score (nSPS) is 10.3. The third-order valence-corrected chi connectivity index (χ3v) is 2.84. The summed E-state index contributed by atoms with van der Waals surface area (Å²) in [5.74, 6) is 0.359. The van der Waals surface area contributed by atoms with Gasteiger partial charge in [-0.05, 0) is 11.6 Å². The Balaban J connectivity index is 1.64. The SMILES string of the molecule is O=C(Cc1ccccc1)Nc1cnc(-n2cccn2)nc1. The average Bonchev–Trinajstić information content (AvgIpc) is 3.03. The van der Waals surface area contributed by atoms with Gasteiger partial charge in [-0.15, -0.1) is 0 Å². The maximum absolute atomic E-state index is 11.9. The van der Waals surface area contributed by atoms with Crippen LogP contribution in [-0.2, 0) is 11.2 Å². The van der Waals surface area contributed by atoms with Crippen molar-refractivity contribution in [3.8, 4) is 5.95 Å². The molecule has 0 bridgehead atoms. The number of carbonyl (C=O) groups is 1. The predicted octanol–water partition coefficient (Wildman–Crippen LogP) is 1.84. The molecule has 0 saturated heterocycles. The molecule has 1 amide bonds. The number of nitrogens with one attached hydrogen (secondary N) is 1. The second-order valence-corrected chi connectivity index (χ2v) is 4.43. The lowest BCUT2D eigenvalue weighted by molar-refractivity contribution is -0.115. The van der Waals surface area contributed by atoms with Gasteiger partial charge in [0, 0.05) is 12.4 Å². The highest BCUT2D eigenvalue weighted by atomic mass is 16.1. The van der Waals surface area contributed by atoms with Gasteiger partial charge in [-0.3, -0.25) is 4.79 Å². The van der Waals surface area contributed by atoms with Crippen LogP contribution in [0.15, 0.2) is 61.2 Å². The van der Waals surface area contributed by atoms with Crippen molar-refractivity contribution in [3.63, 3.8) is 0 Å². The van der Waals surface area contributed by atoms with Gasteiger partial charge in [0.1, 0.15) is 0 Å². The molecule has 3 rings (SSSR count). The van der Waals surface area contributed by atoms with Crippen LogP contribution in [0.2, 0.25) is 0 Å². The Kier molecular flexibility index (Phi) is 3.68. The van der Waals surface area contributed by atoms with Crippen LogP contribution in [0.5, 0.6) is 0 Å². The lowest BCUT2D eigenvalue weighted by atomic mass is 10.1. The van der Waals surface area contributed by atoms with E-state index in [1.807, 2.05) is 30.3 Å². The molecule has 2 heterocycles. The fourth-order valence-corrected chi connectivity index (χ4v) is 1.88. The average molecular weight is 279 g/mol. The topological polar surface area (TPSA) is 72.7 Å². The van der Waals surface area contributed by atoms with Crippen molar-refractivity contribution >= 4 is 11.6 Å². The Bertz CT molecular complexity index is 708. The number of amides is 1. The van der Waals surface area contributed by atoms with Crippen molar-refractivity contribution in [2.24, 2.45) is 0 Å². The van der Waals surface area contributed by atoms with E-state index in [0.29, 0.717) is 18.1 Å². The molecule has 2 aromatic heterocycles. The molecule has 0 atom stereocenters. The summed E-state index contributed by atoms with van der Waals surface area (Å²) in [6, 6.07) is 11.4. The summed E-state index contributed by atoms with van der Waals surface area (Å²) in [5, 5.41) is 6.81. The number of nitrogens with zero attached hydrogens (tertiary/aromatic N) is 4. The minimum Gasteiger partial charge on any atom is -0.323 e. The quantitative estimate of drug-likeness (QED) is 0.791. The van der Waals surface area contributed by atoms with Crippen LogP contribution in [0.4, 0.5) is 5.69 Å². The molecule has 0 unspecified atom stereocenters. The van der Waals surface area contributed by atoms with Gasteiger partial charge >= 0.3 is 0 Å². The van der Waals surface area contributed by atoms with Gasteiger partial charge in [0.05, 0.1) is 24.5 Å². The molecule has 0 aliphatic rings. The number of hydrogen-bond donors (Lipinski definition) is 1. The van der Waals surface area contributed by atoms with E-state index in [0.717, 1.165) is 5.56 Å². The van der Waals surface area contributed by atoms with Crippen LogP contribution in [0, 0.1) is 0 Å². The zero-order valence-electron chi connectivity index (χ0n) is 11.2. The molecule has 1 aromatic carbocycles. The molecule has 104 valence electrons. The predicted molar refractivity (Wildman–Crippen MR) is 77.9 cm³/mol. The number of benzene rings is 1. The van der Waals surface area contributed by atoms with E-state index in [9.17, 15) is 4.79 Å². The summed E-state index contributed by atoms with van der Waals surface area (Å²) in [5.41, 5.74) is 1.52. The number of anilines is 1. The van der Waals surface area contributed by atoms with E-state index in [1.54, 1.807) is 35.5 Å². The van der Waals surface area contributed by atoms with Crippen molar-refractivity contribution < 1.29 is 4.79 Å². The van der Waals surface area contributed by atoms with Crippen molar-refractivity contribution in [2.75, 3.05) is 5.32 Å². The molecule has 6 nitrogen and oxygen atoms in total. The summed E-state index contributed by atoms with van der Waals surface area (Å²) >= 11 is 0. The molecule has 0 fully saturated rings. The van der Waals surface area contributed by atoms with Crippen LogP contribution >= 0.6 is 0 Å². The molecular formula is C15H13N5O. The summed E-state index contributed by atoms with van der Waals surface area (Å²) in [6.45, 7) is 0. The van der Waals surface area contributed by atoms with E-state index in [2.05, 4.69) is 20.4 Å². The monoisotopic (exact) mass is 279 g/mol. The van der Waals surface area contributed by atoms with Gasteiger partial charge in [-0.25, -0.2) is 14.6 Å². The van der Waals surface area contributed by atoms with Crippen LogP contribution in [-0.4, -0.2) is 25.7 Å². The Labute approximate surface area is 121 Å². The smallest absolute Gasteiger partial charge is 0.250 e. The largest absolute Gasteiger partial charge is 0.323 e. The second kappa shape index (κ2) is 5.96. The Hall–Kier alpha value is -3.02. The number of aromatic nitrogens is 4. The highest BCUT2D eigenvalue weighted by Gasteiger charge is 2.05. The lowest BCUT2D eigenvalue weighted by Gasteiger charge is -2.05. The molecule has 0 aliphatic carbocycles.